The zero-order chi connectivity index (χ0) is 29.9. The molecule has 0 aliphatic heterocycles. The third-order valence-corrected chi connectivity index (χ3v) is 7.36. The van der Waals surface area contributed by atoms with Crippen LogP contribution in [0.1, 0.15) is 78.1 Å². The monoisotopic (exact) mass is 572 g/mol. The number of unbranched alkanes of at least 4 members (excludes halogenated alkanes) is 5. The summed E-state index contributed by atoms with van der Waals surface area (Å²) < 4.78 is 3.63. The van der Waals surface area contributed by atoms with E-state index in [1.54, 1.807) is 0 Å². The maximum atomic E-state index is 12.3. The van der Waals surface area contributed by atoms with Crippen molar-refractivity contribution in [2.45, 2.75) is 91.1 Å². The van der Waals surface area contributed by atoms with Gasteiger partial charge in [-0.15, -0.1) is 20.5 Å². The summed E-state index contributed by atoms with van der Waals surface area (Å²) in [5.41, 5.74) is 2.38. The SMILES string of the molecule is CCCCn1c(O)c(N=NC(=O)CCCCCCC(=O)N=Nc2c(O)n(CCCC)c3ccccc23)c2ccccc21. The fraction of sp³-hybridized carbons (Fsp3) is 0.438. The van der Waals surface area contributed by atoms with Crippen LogP contribution in [-0.2, 0) is 22.7 Å². The lowest BCUT2D eigenvalue weighted by Gasteiger charge is -2.05. The number of azo groups is 2. The van der Waals surface area contributed by atoms with Gasteiger partial charge in [-0.1, -0.05) is 75.9 Å². The maximum absolute atomic E-state index is 12.3. The van der Waals surface area contributed by atoms with Crippen LogP contribution in [0.3, 0.4) is 0 Å². The van der Waals surface area contributed by atoms with E-state index in [1.165, 1.54) is 0 Å². The zero-order valence-corrected chi connectivity index (χ0v) is 24.5. The van der Waals surface area contributed by atoms with Crippen LogP contribution < -0.4 is 0 Å². The lowest BCUT2D eigenvalue weighted by molar-refractivity contribution is -0.119. The van der Waals surface area contributed by atoms with Crippen molar-refractivity contribution < 1.29 is 19.8 Å². The number of amides is 2. The second-order valence-electron chi connectivity index (χ2n) is 10.5. The number of carbonyl (C=O) groups excluding carboxylic acids is 2. The second kappa shape index (κ2) is 15.0. The summed E-state index contributed by atoms with van der Waals surface area (Å²) in [6.45, 7) is 5.52. The Balaban J connectivity index is 1.22. The lowest BCUT2D eigenvalue weighted by Crippen LogP contribution is -1.96. The smallest absolute Gasteiger partial charge is 0.264 e. The van der Waals surface area contributed by atoms with Crippen LogP contribution >= 0.6 is 0 Å². The fourth-order valence-corrected chi connectivity index (χ4v) is 5.04. The maximum Gasteiger partial charge on any atom is 0.264 e. The Hall–Kier alpha value is -4.34. The van der Waals surface area contributed by atoms with Gasteiger partial charge in [0.25, 0.3) is 11.8 Å². The molecular formula is C32H40N6O4. The van der Waals surface area contributed by atoms with Gasteiger partial charge in [0.15, 0.2) is 11.4 Å². The van der Waals surface area contributed by atoms with Gasteiger partial charge in [0.1, 0.15) is 0 Å². The summed E-state index contributed by atoms with van der Waals surface area (Å²) >= 11 is 0. The molecule has 0 atom stereocenters. The molecule has 2 aromatic heterocycles. The average molecular weight is 573 g/mol. The van der Waals surface area contributed by atoms with E-state index in [2.05, 4.69) is 34.3 Å². The number of fused-ring (bicyclic) bond motifs is 2. The van der Waals surface area contributed by atoms with E-state index in [-0.39, 0.29) is 36.4 Å². The van der Waals surface area contributed by atoms with Gasteiger partial charge < -0.3 is 19.3 Å². The molecule has 10 heteroatoms. The first-order valence-corrected chi connectivity index (χ1v) is 15.0. The predicted molar refractivity (Wildman–Crippen MR) is 164 cm³/mol. The van der Waals surface area contributed by atoms with Crippen LogP contribution in [0, 0.1) is 0 Å². The van der Waals surface area contributed by atoms with Gasteiger partial charge in [0, 0.05) is 36.7 Å². The summed E-state index contributed by atoms with van der Waals surface area (Å²) in [4.78, 5) is 24.7. The Morgan fingerprint density at radius 2 is 1.02 bits per heavy atom. The summed E-state index contributed by atoms with van der Waals surface area (Å²) in [7, 11) is 0. The number of aromatic hydroxyl groups is 2. The van der Waals surface area contributed by atoms with Gasteiger partial charge in [0.2, 0.25) is 11.8 Å². The number of para-hydroxylation sites is 2. The van der Waals surface area contributed by atoms with E-state index in [9.17, 15) is 19.8 Å². The van der Waals surface area contributed by atoms with E-state index in [0.29, 0.717) is 37.3 Å². The minimum absolute atomic E-state index is 0.0282. The number of rotatable bonds is 15. The standard InChI is InChI=1S/C32H40N6O4/c1-3-5-21-37-25-17-13-11-15-23(25)29(31(37)41)35-33-27(39)19-9-7-8-10-20-28(40)34-36-30-24-16-12-14-18-26(24)38(32(30)42)22-6-4-2/h11-18,41-42H,3-10,19-22H2,1-2H3. The Bertz CT molecular complexity index is 1460. The molecule has 2 heterocycles. The molecule has 0 aliphatic carbocycles. The molecule has 4 aromatic rings. The second-order valence-corrected chi connectivity index (χ2v) is 10.5. The van der Waals surface area contributed by atoms with Gasteiger partial charge in [-0.25, -0.2) is 0 Å². The van der Waals surface area contributed by atoms with Crippen molar-refractivity contribution >= 4 is 45.0 Å². The highest BCUT2D eigenvalue weighted by Gasteiger charge is 2.17. The van der Waals surface area contributed by atoms with Crippen LogP contribution in [0.2, 0.25) is 0 Å². The van der Waals surface area contributed by atoms with E-state index in [4.69, 9.17) is 0 Å². The molecule has 0 radical (unpaired) electrons. The topological polar surface area (TPSA) is 134 Å². The fourth-order valence-electron chi connectivity index (χ4n) is 5.04. The highest BCUT2D eigenvalue weighted by Crippen LogP contribution is 2.40. The van der Waals surface area contributed by atoms with Gasteiger partial charge in [-0.2, -0.15) is 0 Å². The molecule has 0 spiro atoms. The van der Waals surface area contributed by atoms with Crippen molar-refractivity contribution in [3.05, 3.63) is 48.5 Å². The van der Waals surface area contributed by atoms with Gasteiger partial charge in [-0.3, -0.25) is 9.59 Å². The van der Waals surface area contributed by atoms with Crippen LogP contribution in [0.15, 0.2) is 69.0 Å². The molecule has 0 saturated carbocycles. The average Bonchev–Trinajstić information content (AvgIpc) is 3.43. The van der Waals surface area contributed by atoms with E-state index >= 15 is 0 Å². The van der Waals surface area contributed by atoms with Gasteiger partial charge in [0.05, 0.1) is 11.0 Å². The van der Waals surface area contributed by atoms with Gasteiger partial charge in [-0.05, 0) is 37.8 Å². The molecule has 222 valence electrons. The first kappa shape index (κ1) is 30.6. The molecule has 10 nitrogen and oxygen atoms in total. The quantitative estimate of drug-likeness (QED) is 0.109. The first-order valence-electron chi connectivity index (χ1n) is 15.0. The molecular weight excluding hydrogens is 532 g/mol. The Morgan fingerprint density at radius 3 is 1.43 bits per heavy atom. The van der Waals surface area contributed by atoms with Crippen molar-refractivity contribution in [1.82, 2.24) is 9.13 Å². The number of benzene rings is 2. The molecule has 2 amide bonds. The lowest BCUT2D eigenvalue weighted by atomic mass is 10.1. The van der Waals surface area contributed by atoms with Gasteiger partial charge >= 0.3 is 0 Å². The van der Waals surface area contributed by atoms with Crippen molar-refractivity contribution in [3.8, 4) is 11.8 Å². The molecule has 0 bridgehead atoms. The normalized spacial score (nSPS) is 12.0. The minimum atomic E-state index is -0.345. The number of aryl methyl sites for hydroxylation is 2. The predicted octanol–water partition coefficient (Wildman–Crippen LogP) is 8.87. The number of carbonyl (C=O) groups is 2. The summed E-state index contributed by atoms with van der Waals surface area (Å²) in [6.07, 6.45) is 7.10. The van der Waals surface area contributed by atoms with Crippen molar-refractivity contribution in [2.75, 3.05) is 0 Å². The number of hydrogen-bond donors (Lipinski definition) is 2. The Morgan fingerprint density at radius 1 is 0.619 bits per heavy atom. The molecule has 4 rings (SSSR count). The van der Waals surface area contributed by atoms with E-state index < -0.39 is 0 Å². The van der Waals surface area contributed by atoms with Crippen LogP contribution in [0.25, 0.3) is 21.8 Å². The molecule has 0 unspecified atom stereocenters. The number of nitrogens with zero attached hydrogens (tertiary/aromatic N) is 6. The minimum Gasteiger partial charge on any atom is -0.493 e. The molecule has 2 aromatic carbocycles. The zero-order valence-electron chi connectivity index (χ0n) is 24.5. The van der Waals surface area contributed by atoms with Crippen LogP contribution in [0.5, 0.6) is 11.8 Å². The Kier molecular flexibility index (Phi) is 11.0. The molecule has 42 heavy (non-hydrogen) atoms. The largest absolute Gasteiger partial charge is 0.493 e. The highest BCUT2D eigenvalue weighted by molar-refractivity contribution is 5.96. The summed E-state index contributed by atoms with van der Waals surface area (Å²) in [5, 5.41) is 38.9. The van der Waals surface area contributed by atoms with E-state index in [1.807, 2.05) is 57.7 Å². The Labute approximate surface area is 245 Å². The number of hydrogen-bond acceptors (Lipinski definition) is 6. The molecule has 0 aliphatic rings. The third-order valence-electron chi connectivity index (χ3n) is 7.36. The van der Waals surface area contributed by atoms with Crippen molar-refractivity contribution in [1.29, 1.82) is 0 Å². The van der Waals surface area contributed by atoms with Crippen LogP contribution in [0.4, 0.5) is 11.4 Å². The first-order chi connectivity index (χ1) is 20.5. The summed E-state index contributed by atoms with van der Waals surface area (Å²) in [5.74, 6) is -0.633. The third kappa shape index (κ3) is 7.29. The highest BCUT2D eigenvalue weighted by atomic mass is 16.3. The summed E-state index contributed by atoms with van der Waals surface area (Å²) in [6, 6.07) is 15.1. The molecule has 0 fully saturated rings. The van der Waals surface area contributed by atoms with Crippen molar-refractivity contribution in [2.24, 2.45) is 20.5 Å². The molecule has 0 saturated heterocycles. The number of aromatic nitrogens is 2. The van der Waals surface area contributed by atoms with Crippen molar-refractivity contribution in [3.63, 3.8) is 0 Å². The van der Waals surface area contributed by atoms with E-state index in [0.717, 1.165) is 60.3 Å². The molecule has 2 N–H and O–H groups in total. The van der Waals surface area contributed by atoms with Crippen LogP contribution in [-0.4, -0.2) is 31.2 Å².